The van der Waals surface area contributed by atoms with Crippen molar-refractivity contribution in [2.75, 3.05) is 0 Å². The number of rotatable bonds is 3. The molecule has 0 heterocycles. The molecule has 0 saturated heterocycles. The van der Waals surface area contributed by atoms with Gasteiger partial charge in [-0.25, -0.2) is 4.39 Å². The molecule has 0 amide bonds. The number of nitrogens with zero attached hydrogens (tertiary/aromatic N) is 3. The van der Waals surface area contributed by atoms with Crippen molar-refractivity contribution in [1.82, 2.24) is 0 Å². The van der Waals surface area contributed by atoms with Crippen molar-refractivity contribution in [3.63, 3.8) is 0 Å². The van der Waals surface area contributed by atoms with Crippen LogP contribution >= 0.6 is 0 Å². The highest BCUT2D eigenvalue weighted by Gasteiger charge is 2.25. The van der Waals surface area contributed by atoms with Gasteiger partial charge in [0.2, 0.25) is 0 Å². The topological polar surface area (TPSA) is 48.8 Å². The molecule has 1 rings (SSSR count). The van der Waals surface area contributed by atoms with E-state index in [4.69, 9.17) is 5.53 Å². The highest BCUT2D eigenvalue weighted by atomic mass is 19.4. The molecule has 0 bridgehead atoms. The Labute approximate surface area is 94.0 Å². The molecule has 0 atom stereocenters. The molecule has 1 aromatic carbocycles. The largest absolute Gasteiger partial charge is 0.392 e. The van der Waals surface area contributed by atoms with E-state index in [0.29, 0.717) is 0 Å². The molecule has 0 N–H and O–H groups in total. The molecule has 0 spiro atoms. The van der Waals surface area contributed by atoms with E-state index in [1.165, 1.54) is 12.1 Å². The van der Waals surface area contributed by atoms with E-state index < -0.39 is 18.4 Å². The van der Waals surface area contributed by atoms with E-state index in [9.17, 15) is 17.6 Å². The van der Waals surface area contributed by atoms with E-state index in [0.717, 1.165) is 18.2 Å². The van der Waals surface area contributed by atoms with Crippen molar-refractivity contribution in [3.05, 3.63) is 52.2 Å². The van der Waals surface area contributed by atoms with Gasteiger partial charge in [-0.3, -0.25) is 0 Å². The molecule has 17 heavy (non-hydrogen) atoms. The van der Waals surface area contributed by atoms with E-state index >= 15 is 0 Å². The minimum atomic E-state index is -4.38. The summed E-state index contributed by atoms with van der Waals surface area (Å²) in [6, 6.07) is 4.63. The van der Waals surface area contributed by atoms with E-state index in [2.05, 4.69) is 10.0 Å². The number of hydrogen-bond donors (Lipinski definition) is 0. The summed E-state index contributed by atoms with van der Waals surface area (Å²) in [5.41, 5.74) is 8.30. The fourth-order valence-corrected chi connectivity index (χ4v) is 1.10. The van der Waals surface area contributed by atoms with Crippen LogP contribution in [0.25, 0.3) is 16.1 Å². The van der Waals surface area contributed by atoms with Crippen molar-refractivity contribution in [1.29, 1.82) is 0 Å². The van der Waals surface area contributed by atoms with E-state index in [-0.39, 0.29) is 11.3 Å². The Morgan fingerprint density at radius 1 is 1.29 bits per heavy atom. The van der Waals surface area contributed by atoms with Crippen molar-refractivity contribution in [2.45, 2.75) is 12.6 Å². The van der Waals surface area contributed by atoms with E-state index in [1.807, 2.05) is 0 Å². The second-order valence-electron chi connectivity index (χ2n) is 3.11. The summed E-state index contributed by atoms with van der Waals surface area (Å²) < 4.78 is 48.6. The summed E-state index contributed by atoms with van der Waals surface area (Å²) in [4.78, 5) is 2.43. The standard InChI is InChI=1S/C10H7F4N3/c11-8-3-1-7(2-4-8)9(16-17-15)5-6-10(12,13)14/h1-5H,6H2. The van der Waals surface area contributed by atoms with Crippen LogP contribution in [0, 0.1) is 5.82 Å². The highest BCUT2D eigenvalue weighted by Crippen LogP contribution is 2.24. The molecule has 3 nitrogen and oxygen atoms in total. The zero-order valence-electron chi connectivity index (χ0n) is 8.45. The lowest BCUT2D eigenvalue weighted by Crippen LogP contribution is -2.04. The Kier molecular flexibility index (Phi) is 4.12. The number of halogens is 4. The van der Waals surface area contributed by atoms with Gasteiger partial charge in [0.1, 0.15) is 5.82 Å². The minimum absolute atomic E-state index is 0.176. The van der Waals surface area contributed by atoms with Crippen LogP contribution in [0.4, 0.5) is 17.6 Å². The maximum atomic E-state index is 12.6. The van der Waals surface area contributed by atoms with Gasteiger partial charge < -0.3 is 0 Å². The fourth-order valence-electron chi connectivity index (χ4n) is 1.10. The Hall–Kier alpha value is -2.01. The quantitative estimate of drug-likeness (QED) is 0.327. The normalized spacial score (nSPS) is 12.1. The maximum absolute atomic E-state index is 12.6. The van der Waals surface area contributed by atoms with Gasteiger partial charge in [0.25, 0.3) is 0 Å². The van der Waals surface area contributed by atoms with Gasteiger partial charge in [-0.15, -0.1) is 0 Å². The second kappa shape index (κ2) is 5.36. The number of azide groups is 1. The first-order chi connectivity index (χ1) is 7.92. The fraction of sp³-hybridized carbons (Fsp3) is 0.200. The number of benzene rings is 1. The molecule has 7 heteroatoms. The zero-order chi connectivity index (χ0) is 12.9. The third kappa shape index (κ3) is 4.56. The van der Waals surface area contributed by atoms with Gasteiger partial charge in [-0.2, -0.15) is 13.2 Å². The Morgan fingerprint density at radius 3 is 2.35 bits per heavy atom. The summed E-state index contributed by atoms with van der Waals surface area (Å²) in [5, 5.41) is 3.15. The molecule has 0 aliphatic rings. The lowest BCUT2D eigenvalue weighted by molar-refractivity contribution is -0.124. The second-order valence-corrected chi connectivity index (χ2v) is 3.11. The number of alkyl halides is 3. The molecule has 0 aliphatic carbocycles. The van der Waals surface area contributed by atoms with Crippen LogP contribution in [-0.4, -0.2) is 6.18 Å². The van der Waals surface area contributed by atoms with E-state index in [1.54, 1.807) is 0 Å². The first kappa shape index (κ1) is 13.1. The molecular formula is C10H7F4N3. The van der Waals surface area contributed by atoms with Crippen LogP contribution < -0.4 is 0 Å². The Bertz CT molecular complexity index is 455. The van der Waals surface area contributed by atoms with Gasteiger partial charge in [0.05, 0.1) is 6.42 Å². The zero-order valence-corrected chi connectivity index (χ0v) is 8.45. The number of hydrogen-bond acceptors (Lipinski definition) is 1. The van der Waals surface area contributed by atoms with Gasteiger partial charge >= 0.3 is 6.18 Å². The smallest absolute Gasteiger partial charge is 0.207 e. The molecule has 0 saturated carbocycles. The van der Waals surface area contributed by atoms with Gasteiger partial charge in [0.15, 0.2) is 0 Å². The summed E-state index contributed by atoms with van der Waals surface area (Å²) in [6.45, 7) is 0. The summed E-state index contributed by atoms with van der Waals surface area (Å²) in [7, 11) is 0. The van der Waals surface area contributed by atoms with Crippen molar-refractivity contribution < 1.29 is 17.6 Å². The van der Waals surface area contributed by atoms with Crippen molar-refractivity contribution >= 4 is 5.70 Å². The van der Waals surface area contributed by atoms with Crippen molar-refractivity contribution in [3.8, 4) is 0 Å². The average Bonchev–Trinajstić information content (AvgIpc) is 2.24. The number of allylic oxidation sites excluding steroid dienone is 1. The predicted molar refractivity (Wildman–Crippen MR) is 54.2 cm³/mol. The van der Waals surface area contributed by atoms with Crippen LogP contribution in [0.5, 0.6) is 0 Å². The van der Waals surface area contributed by atoms with Crippen LogP contribution in [0.15, 0.2) is 35.5 Å². The molecule has 90 valence electrons. The molecule has 0 aliphatic heterocycles. The molecular weight excluding hydrogens is 238 g/mol. The van der Waals surface area contributed by atoms with Gasteiger partial charge in [-0.05, 0) is 23.2 Å². The van der Waals surface area contributed by atoms with Crippen molar-refractivity contribution in [2.24, 2.45) is 5.11 Å². The minimum Gasteiger partial charge on any atom is -0.207 e. The Morgan fingerprint density at radius 2 is 1.88 bits per heavy atom. The van der Waals surface area contributed by atoms with Crippen LogP contribution in [-0.2, 0) is 0 Å². The summed E-state index contributed by atoms with van der Waals surface area (Å²) >= 11 is 0. The molecule has 0 radical (unpaired) electrons. The third-order valence-electron chi connectivity index (χ3n) is 1.82. The third-order valence-corrected chi connectivity index (χ3v) is 1.82. The lowest BCUT2D eigenvalue weighted by atomic mass is 10.1. The molecule has 0 fully saturated rings. The van der Waals surface area contributed by atoms with Crippen LogP contribution in [0.3, 0.4) is 0 Å². The van der Waals surface area contributed by atoms with Crippen LogP contribution in [0.1, 0.15) is 12.0 Å². The first-order valence-electron chi connectivity index (χ1n) is 4.50. The molecule has 1 aromatic rings. The molecule has 0 aromatic heterocycles. The first-order valence-corrected chi connectivity index (χ1v) is 4.50. The lowest BCUT2D eigenvalue weighted by Gasteiger charge is -2.04. The highest BCUT2D eigenvalue weighted by molar-refractivity contribution is 5.64. The predicted octanol–water partition coefficient (Wildman–Crippen LogP) is 4.43. The summed E-state index contributed by atoms with van der Waals surface area (Å²) in [5.74, 6) is -0.523. The maximum Gasteiger partial charge on any atom is 0.392 e. The summed E-state index contributed by atoms with van der Waals surface area (Å²) in [6.07, 6.45) is -4.83. The SMILES string of the molecule is [N-]=[N+]=NC(=CCC(F)(F)F)c1ccc(F)cc1. The Balaban J connectivity index is 3.01. The van der Waals surface area contributed by atoms with Gasteiger partial charge in [0, 0.05) is 10.6 Å². The van der Waals surface area contributed by atoms with Gasteiger partial charge in [-0.1, -0.05) is 23.3 Å². The van der Waals surface area contributed by atoms with Crippen LogP contribution in [0.2, 0.25) is 0 Å². The average molecular weight is 245 g/mol. The monoisotopic (exact) mass is 245 g/mol. The molecule has 0 unspecified atom stereocenters.